The Balaban J connectivity index is 2.60. The van der Waals surface area contributed by atoms with E-state index >= 15 is 0 Å². The van der Waals surface area contributed by atoms with Crippen LogP contribution in [0.1, 0.15) is 10.4 Å². The van der Waals surface area contributed by atoms with Crippen LogP contribution in [0.3, 0.4) is 0 Å². The Hall–Kier alpha value is -1.79. The first-order valence-corrected chi connectivity index (χ1v) is 5.16. The Morgan fingerprint density at radius 3 is 2.71 bits per heavy atom. The van der Waals surface area contributed by atoms with Crippen LogP contribution in [0, 0.1) is 0 Å². The van der Waals surface area contributed by atoms with Crippen LogP contribution >= 0.6 is 0 Å². The van der Waals surface area contributed by atoms with Gasteiger partial charge in [-0.15, -0.1) is 0 Å². The molecule has 0 fully saturated rings. The minimum Gasteiger partial charge on any atom is -0.488 e. The molecule has 0 aliphatic carbocycles. The van der Waals surface area contributed by atoms with Crippen LogP contribution in [0.5, 0.6) is 5.75 Å². The van der Waals surface area contributed by atoms with E-state index in [0.717, 1.165) is 0 Å². The van der Waals surface area contributed by atoms with E-state index in [-0.39, 0.29) is 31.1 Å². The number of aliphatic hydroxyl groups excluding tert-OH is 1. The molecular formula is C11H16N2O4. The number of rotatable bonds is 7. The maximum atomic E-state index is 11.1. The topological polar surface area (TPSA) is 108 Å². The monoisotopic (exact) mass is 240 g/mol. The number of carbonyl (C=O) groups is 1. The van der Waals surface area contributed by atoms with Crippen LogP contribution in [0.15, 0.2) is 18.2 Å². The normalized spacial score (nSPS) is 10.2. The lowest BCUT2D eigenvalue weighted by Gasteiger charge is -2.11. The summed E-state index contributed by atoms with van der Waals surface area (Å²) < 4.78 is 10.4. The number of primary amides is 1. The van der Waals surface area contributed by atoms with Gasteiger partial charge in [0.15, 0.2) is 5.75 Å². The maximum absolute atomic E-state index is 11.1. The first-order valence-electron chi connectivity index (χ1n) is 5.16. The van der Waals surface area contributed by atoms with Gasteiger partial charge in [0.1, 0.15) is 6.61 Å². The Morgan fingerprint density at radius 1 is 1.29 bits per heavy atom. The van der Waals surface area contributed by atoms with Crippen LogP contribution in [0.2, 0.25) is 0 Å². The van der Waals surface area contributed by atoms with Gasteiger partial charge in [-0.2, -0.15) is 0 Å². The number of para-hydroxylation sites is 1. The summed E-state index contributed by atoms with van der Waals surface area (Å²) in [5, 5.41) is 8.50. The van der Waals surface area contributed by atoms with Crippen LogP contribution < -0.4 is 16.2 Å². The van der Waals surface area contributed by atoms with Crippen molar-refractivity contribution in [2.75, 3.05) is 32.2 Å². The fourth-order valence-corrected chi connectivity index (χ4v) is 1.28. The second kappa shape index (κ2) is 6.72. The molecule has 0 atom stereocenters. The number of amides is 1. The summed E-state index contributed by atoms with van der Waals surface area (Å²) in [6, 6.07) is 4.80. The third-order valence-electron chi connectivity index (χ3n) is 2.02. The summed E-state index contributed by atoms with van der Waals surface area (Å²) in [4.78, 5) is 11.1. The van der Waals surface area contributed by atoms with E-state index in [1.54, 1.807) is 18.2 Å². The number of anilines is 1. The molecule has 17 heavy (non-hydrogen) atoms. The Kier molecular flexibility index (Phi) is 5.25. The van der Waals surface area contributed by atoms with Gasteiger partial charge >= 0.3 is 0 Å². The predicted molar refractivity (Wildman–Crippen MR) is 62.8 cm³/mol. The molecule has 0 bridgehead atoms. The van der Waals surface area contributed by atoms with Gasteiger partial charge in [-0.05, 0) is 12.1 Å². The highest BCUT2D eigenvalue weighted by molar-refractivity contribution is 5.97. The summed E-state index contributed by atoms with van der Waals surface area (Å²) >= 11 is 0. The summed E-state index contributed by atoms with van der Waals surface area (Å²) in [7, 11) is 0. The number of hydrogen-bond donors (Lipinski definition) is 3. The quantitative estimate of drug-likeness (QED) is 0.450. The van der Waals surface area contributed by atoms with Crippen molar-refractivity contribution in [2.24, 2.45) is 5.73 Å². The Labute approximate surface area is 99.1 Å². The highest BCUT2D eigenvalue weighted by Crippen LogP contribution is 2.25. The van der Waals surface area contributed by atoms with Crippen LogP contribution in [-0.4, -0.2) is 37.4 Å². The maximum Gasteiger partial charge on any atom is 0.252 e. The molecule has 1 aromatic rings. The zero-order valence-electron chi connectivity index (χ0n) is 9.39. The highest BCUT2D eigenvalue weighted by atomic mass is 16.5. The largest absolute Gasteiger partial charge is 0.488 e. The molecule has 1 aromatic carbocycles. The number of carbonyl (C=O) groups excluding carboxylic acids is 1. The molecule has 0 radical (unpaired) electrons. The van der Waals surface area contributed by atoms with Gasteiger partial charge in [0.2, 0.25) is 0 Å². The molecule has 0 unspecified atom stereocenters. The lowest BCUT2D eigenvalue weighted by atomic mass is 10.1. The van der Waals surface area contributed by atoms with E-state index < -0.39 is 5.91 Å². The minimum atomic E-state index is -0.594. The summed E-state index contributed by atoms with van der Waals surface area (Å²) in [6.07, 6.45) is 0. The van der Waals surface area contributed by atoms with Crippen molar-refractivity contribution in [3.63, 3.8) is 0 Å². The third-order valence-corrected chi connectivity index (χ3v) is 2.02. The van der Waals surface area contributed by atoms with Gasteiger partial charge in [0.25, 0.3) is 5.91 Å². The lowest BCUT2D eigenvalue weighted by molar-refractivity contribution is 0.0702. The van der Waals surface area contributed by atoms with Gasteiger partial charge in [0.05, 0.1) is 31.1 Å². The SMILES string of the molecule is NC(=O)c1cccc(N)c1OCCOCCO. The molecule has 1 amide bonds. The molecule has 6 heteroatoms. The molecule has 0 aromatic heterocycles. The average molecular weight is 240 g/mol. The molecule has 0 saturated carbocycles. The number of benzene rings is 1. The van der Waals surface area contributed by atoms with Gasteiger partial charge in [-0.3, -0.25) is 4.79 Å². The number of hydrogen-bond acceptors (Lipinski definition) is 5. The summed E-state index contributed by atoms with van der Waals surface area (Å²) in [5.74, 6) is -0.323. The van der Waals surface area contributed by atoms with Crippen molar-refractivity contribution >= 4 is 11.6 Å². The first kappa shape index (κ1) is 13.3. The minimum absolute atomic E-state index is 0.0417. The number of nitrogen functional groups attached to an aromatic ring is 1. The molecule has 0 saturated heterocycles. The number of aliphatic hydroxyl groups is 1. The van der Waals surface area contributed by atoms with Crippen molar-refractivity contribution in [3.05, 3.63) is 23.8 Å². The molecular weight excluding hydrogens is 224 g/mol. The predicted octanol–water partition coefficient (Wildman–Crippen LogP) is -0.245. The molecule has 1 rings (SSSR count). The molecule has 5 N–H and O–H groups in total. The molecule has 94 valence electrons. The average Bonchev–Trinajstić information content (AvgIpc) is 2.30. The van der Waals surface area contributed by atoms with Crippen molar-refractivity contribution in [2.45, 2.75) is 0 Å². The third kappa shape index (κ3) is 3.93. The number of ether oxygens (including phenoxy) is 2. The lowest BCUT2D eigenvalue weighted by Crippen LogP contribution is -2.16. The Morgan fingerprint density at radius 2 is 2.06 bits per heavy atom. The molecule has 0 spiro atoms. The first-order chi connectivity index (χ1) is 8.16. The van der Waals surface area contributed by atoms with Gasteiger partial charge in [0, 0.05) is 0 Å². The smallest absolute Gasteiger partial charge is 0.252 e. The van der Waals surface area contributed by atoms with Crippen molar-refractivity contribution in [3.8, 4) is 5.75 Å². The molecule has 0 aliphatic heterocycles. The van der Waals surface area contributed by atoms with Crippen LogP contribution in [-0.2, 0) is 4.74 Å². The standard InChI is InChI=1S/C11H16N2O4/c12-9-3-1-2-8(11(13)15)10(9)17-7-6-16-5-4-14/h1-3,14H,4-7,12H2,(H2,13,15). The highest BCUT2D eigenvalue weighted by Gasteiger charge is 2.11. The van der Waals surface area contributed by atoms with Crippen molar-refractivity contribution in [1.29, 1.82) is 0 Å². The van der Waals surface area contributed by atoms with E-state index in [2.05, 4.69) is 0 Å². The van der Waals surface area contributed by atoms with E-state index in [1.165, 1.54) is 0 Å². The zero-order valence-corrected chi connectivity index (χ0v) is 9.39. The molecule has 0 aliphatic rings. The van der Waals surface area contributed by atoms with Gasteiger partial charge in [-0.1, -0.05) is 6.07 Å². The van der Waals surface area contributed by atoms with Crippen molar-refractivity contribution in [1.82, 2.24) is 0 Å². The zero-order chi connectivity index (χ0) is 12.7. The number of nitrogens with two attached hydrogens (primary N) is 2. The molecule has 0 heterocycles. The van der Waals surface area contributed by atoms with E-state index in [9.17, 15) is 4.79 Å². The fourth-order valence-electron chi connectivity index (χ4n) is 1.28. The van der Waals surface area contributed by atoms with Gasteiger partial charge < -0.3 is 26.0 Å². The van der Waals surface area contributed by atoms with Crippen molar-refractivity contribution < 1.29 is 19.4 Å². The van der Waals surface area contributed by atoms with Crippen LogP contribution in [0.25, 0.3) is 0 Å². The second-order valence-corrected chi connectivity index (χ2v) is 3.27. The fraction of sp³-hybridized carbons (Fsp3) is 0.364. The second-order valence-electron chi connectivity index (χ2n) is 3.27. The van der Waals surface area contributed by atoms with E-state index in [0.29, 0.717) is 12.3 Å². The van der Waals surface area contributed by atoms with E-state index in [4.69, 9.17) is 26.0 Å². The van der Waals surface area contributed by atoms with Crippen LogP contribution in [0.4, 0.5) is 5.69 Å². The summed E-state index contributed by atoms with van der Waals surface area (Å²) in [6.45, 7) is 0.734. The molecule has 6 nitrogen and oxygen atoms in total. The summed E-state index contributed by atoms with van der Waals surface area (Å²) in [5.41, 5.74) is 11.5. The Bertz CT molecular complexity index is 382. The van der Waals surface area contributed by atoms with E-state index in [1.807, 2.05) is 0 Å². The van der Waals surface area contributed by atoms with Gasteiger partial charge in [-0.25, -0.2) is 0 Å².